The second kappa shape index (κ2) is 15.6. The molecule has 1 rings (SSSR count). The predicted molar refractivity (Wildman–Crippen MR) is 110 cm³/mol. The maximum Gasteiger partial charge on any atom is 0.338 e. The Kier molecular flexibility index (Phi) is 13.7. The molecular formula is C20H31BrO7. The lowest BCUT2D eigenvalue weighted by atomic mass is 10.2. The number of carbonyl (C=O) groups excluding carboxylic acids is 1. The standard InChI is InChI=1S/C20H31BrO7/c1-4-6-7-27-17-14-16(20(22)26-5-2)15-18(19(17)21)28-13-12-25-11-10-24-9-8-23-3/h14-15H,4-13H2,1-3H3. The number of hydrogen-bond donors (Lipinski definition) is 0. The second-order valence-electron chi connectivity index (χ2n) is 5.77. The third-order valence-electron chi connectivity index (χ3n) is 3.56. The highest BCUT2D eigenvalue weighted by molar-refractivity contribution is 9.10. The predicted octanol–water partition coefficient (Wildman–Crippen LogP) is 3.86. The fraction of sp³-hybridized carbons (Fsp3) is 0.650. The van der Waals surface area contributed by atoms with Crippen LogP contribution in [-0.2, 0) is 18.9 Å². The number of benzene rings is 1. The molecule has 8 heteroatoms. The van der Waals surface area contributed by atoms with Gasteiger partial charge in [0.15, 0.2) is 0 Å². The zero-order valence-electron chi connectivity index (χ0n) is 17.0. The molecule has 0 unspecified atom stereocenters. The highest BCUT2D eigenvalue weighted by Gasteiger charge is 2.16. The number of halogens is 1. The molecule has 0 aromatic heterocycles. The van der Waals surface area contributed by atoms with Crippen LogP contribution in [0.25, 0.3) is 0 Å². The van der Waals surface area contributed by atoms with E-state index in [0.717, 1.165) is 12.8 Å². The largest absolute Gasteiger partial charge is 0.492 e. The minimum atomic E-state index is -0.412. The van der Waals surface area contributed by atoms with E-state index < -0.39 is 5.97 Å². The Hall–Kier alpha value is -1.35. The Morgan fingerprint density at radius 3 is 2.04 bits per heavy atom. The normalized spacial score (nSPS) is 10.7. The quantitative estimate of drug-likeness (QED) is 0.272. The number of unbranched alkanes of at least 4 members (excludes halogenated alkanes) is 1. The summed E-state index contributed by atoms with van der Waals surface area (Å²) in [7, 11) is 1.63. The Labute approximate surface area is 175 Å². The van der Waals surface area contributed by atoms with Crippen LogP contribution in [0.1, 0.15) is 37.0 Å². The Balaban J connectivity index is 2.58. The van der Waals surface area contributed by atoms with Crippen molar-refractivity contribution < 1.29 is 33.2 Å². The third-order valence-corrected chi connectivity index (χ3v) is 4.34. The molecule has 7 nitrogen and oxygen atoms in total. The summed E-state index contributed by atoms with van der Waals surface area (Å²) in [6, 6.07) is 3.31. The summed E-state index contributed by atoms with van der Waals surface area (Å²) in [5.74, 6) is 0.656. The minimum Gasteiger partial charge on any atom is -0.492 e. The summed E-state index contributed by atoms with van der Waals surface area (Å²) in [5.41, 5.74) is 0.388. The molecule has 0 atom stereocenters. The van der Waals surface area contributed by atoms with Crippen LogP contribution in [0.3, 0.4) is 0 Å². The van der Waals surface area contributed by atoms with Gasteiger partial charge in [-0.05, 0) is 41.4 Å². The van der Waals surface area contributed by atoms with Gasteiger partial charge in [0.2, 0.25) is 0 Å². The average Bonchev–Trinajstić information content (AvgIpc) is 2.69. The fourth-order valence-electron chi connectivity index (χ4n) is 2.12. The van der Waals surface area contributed by atoms with Gasteiger partial charge in [-0.3, -0.25) is 0 Å². The fourth-order valence-corrected chi connectivity index (χ4v) is 2.57. The van der Waals surface area contributed by atoms with E-state index >= 15 is 0 Å². The van der Waals surface area contributed by atoms with Gasteiger partial charge in [-0.15, -0.1) is 0 Å². The van der Waals surface area contributed by atoms with Gasteiger partial charge in [-0.1, -0.05) is 13.3 Å². The van der Waals surface area contributed by atoms with E-state index in [2.05, 4.69) is 22.9 Å². The SMILES string of the molecule is CCCCOc1cc(C(=O)OCC)cc(OCCOCCOCCOC)c1Br. The van der Waals surface area contributed by atoms with Gasteiger partial charge in [-0.2, -0.15) is 0 Å². The van der Waals surface area contributed by atoms with E-state index in [4.69, 9.17) is 28.4 Å². The first-order valence-electron chi connectivity index (χ1n) is 9.54. The summed E-state index contributed by atoms with van der Waals surface area (Å²) in [6.45, 7) is 7.54. The van der Waals surface area contributed by atoms with Crippen molar-refractivity contribution in [2.75, 3.05) is 60.0 Å². The van der Waals surface area contributed by atoms with Crippen LogP contribution in [-0.4, -0.2) is 65.9 Å². The zero-order chi connectivity index (χ0) is 20.6. The monoisotopic (exact) mass is 462 g/mol. The highest BCUT2D eigenvalue weighted by atomic mass is 79.9. The topological polar surface area (TPSA) is 72.5 Å². The molecule has 0 fully saturated rings. The van der Waals surface area contributed by atoms with Crippen LogP contribution in [0, 0.1) is 0 Å². The molecule has 1 aromatic rings. The van der Waals surface area contributed by atoms with Gasteiger partial charge in [0.05, 0.1) is 51.8 Å². The average molecular weight is 463 g/mol. The van der Waals surface area contributed by atoms with Gasteiger partial charge in [0.25, 0.3) is 0 Å². The van der Waals surface area contributed by atoms with Gasteiger partial charge >= 0.3 is 5.97 Å². The summed E-state index contributed by atoms with van der Waals surface area (Å²) < 4.78 is 33.0. The summed E-state index contributed by atoms with van der Waals surface area (Å²) in [4.78, 5) is 12.1. The van der Waals surface area contributed by atoms with Crippen LogP contribution in [0.5, 0.6) is 11.5 Å². The zero-order valence-corrected chi connectivity index (χ0v) is 18.5. The van der Waals surface area contributed by atoms with Crippen LogP contribution in [0.4, 0.5) is 0 Å². The Morgan fingerprint density at radius 2 is 1.46 bits per heavy atom. The maximum absolute atomic E-state index is 12.1. The van der Waals surface area contributed by atoms with Gasteiger partial charge in [-0.25, -0.2) is 4.79 Å². The number of rotatable bonds is 16. The van der Waals surface area contributed by atoms with Gasteiger partial charge in [0.1, 0.15) is 22.6 Å². The minimum absolute atomic E-state index is 0.303. The first-order chi connectivity index (χ1) is 13.6. The van der Waals surface area contributed by atoms with Crippen molar-refractivity contribution >= 4 is 21.9 Å². The van der Waals surface area contributed by atoms with Crippen molar-refractivity contribution in [1.82, 2.24) is 0 Å². The highest BCUT2D eigenvalue weighted by Crippen LogP contribution is 2.36. The van der Waals surface area contributed by atoms with Crippen molar-refractivity contribution in [2.24, 2.45) is 0 Å². The molecule has 1 aromatic carbocycles. The maximum atomic E-state index is 12.1. The van der Waals surface area contributed by atoms with Crippen LogP contribution in [0.2, 0.25) is 0 Å². The van der Waals surface area contributed by atoms with Crippen molar-refractivity contribution in [3.8, 4) is 11.5 Å². The summed E-state index contributed by atoms with van der Waals surface area (Å²) >= 11 is 3.50. The smallest absolute Gasteiger partial charge is 0.338 e. The molecule has 0 aliphatic rings. The molecule has 0 aliphatic carbocycles. The molecule has 0 saturated carbocycles. The van der Waals surface area contributed by atoms with E-state index in [1.54, 1.807) is 26.2 Å². The van der Waals surface area contributed by atoms with E-state index in [1.807, 2.05) is 0 Å². The number of carbonyl (C=O) groups is 1. The molecule has 0 bridgehead atoms. The number of methoxy groups -OCH3 is 1. The number of hydrogen-bond acceptors (Lipinski definition) is 7. The third kappa shape index (κ3) is 9.73. The van der Waals surface area contributed by atoms with Crippen LogP contribution in [0.15, 0.2) is 16.6 Å². The molecule has 0 heterocycles. The molecule has 0 radical (unpaired) electrons. The lowest BCUT2D eigenvalue weighted by Crippen LogP contribution is -2.13. The van der Waals surface area contributed by atoms with E-state index in [0.29, 0.717) is 74.4 Å². The van der Waals surface area contributed by atoms with Crippen LogP contribution >= 0.6 is 15.9 Å². The Bertz CT molecular complexity index is 566. The molecule has 0 spiro atoms. The summed E-state index contributed by atoms with van der Waals surface area (Å²) in [6.07, 6.45) is 1.94. The lowest BCUT2D eigenvalue weighted by molar-refractivity contribution is 0.0179. The first-order valence-corrected chi connectivity index (χ1v) is 10.3. The Morgan fingerprint density at radius 1 is 0.893 bits per heavy atom. The van der Waals surface area contributed by atoms with E-state index in [9.17, 15) is 4.79 Å². The van der Waals surface area contributed by atoms with Crippen LogP contribution < -0.4 is 9.47 Å². The van der Waals surface area contributed by atoms with E-state index in [1.165, 1.54) is 0 Å². The number of ether oxygens (including phenoxy) is 6. The first kappa shape index (κ1) is 24.7. The molecule has 0 aliphatic heterocycles. The van der Waals surface area contributed by atoms with E-state index in [-0.39, 0.29) is 0 Å². The molecular weight excluding hydrogens is 432 g/mol. The molecule has 0 saturated heterocycles. The second-order valence-corrected chi connectivity index (χ2v) is 6.57. The molecule has 0 N–H and O–H groups in total. The number of esters is 1. The van der Waals surface area contributed by atoms with Crippen molar-refractivity contribution in [3.05, 3.63) is 22.2 Å². The van der Waals surface area contributed by atoms with Crippen molar-refractivity contribution in [1.29, 1.82) is 0 Å². The lowest BCUT2D eigenvalue weighted by Gasteiger charge is -2.15. The van der Waals surface area contributed by atoms with Gasteiger partial charge < -0.3 is 28.4 Å². The molecule has 28 heavy (non-hydrogen) atoms. The molecule has 160 valence electrons. The van der Waals surface area contributed by atoms with Crippen molar-refractivity contribution in [2.45, 2.75) is 26.7 Å². The molecule has 0 amide bonds. The summed E-state index contributed by atoms with van der Waals surface area (Å²) in [5, 5.41) is 0. The van der Waals surface area contributed by atoms with Crippen molar-refractivity contribution in [3.63, 3.8) is 0 Å². The van der Waals surface area contributed by atoms with Gasteiger partial charge in [0, 0.05) is 7.11 Å².